The number of methoxy groups -OCH3 is 1. The van der Waals surface area contributed by atoms with Crippen molar-refractivity contribution in [1.82, 2.24) is 14.9 Å². The van der Waals surface area contributed by atoms with Crippen LogP contribution in [0.15, 0.2) is 18.2 Å². The van der Waals surface area contributed by atoms with Gasteiger partial charge in [-0.15, -0.1) is 0 Å². The molecule has 186 valence electrons. The number of Topliss-reactive ketones (excluding diaryl/α,β-unsaturated/α-hetero) is 1. The van der Waals surface area contributed by atoms with Gasteiger partial charge in [0, 0.05) is 13.0 Å². The molecular weight excluding hydrogens is 453 g/mol. The van der Waals surface area contributed by atoms with E-state index in [1.165, 1.54) is 20.1 Å². The number of ether oxygens (including phenoxy) is 2. The summed E-state index contributed by atoms with van der Waals surface area (Å²) in [6.45, 7) is 2.20. The van der Waals surface area contributed by atoms with Gasteiger partial charge >= 0.3 is 6.18 Å². The Morgan fingerprint density at radius 3 is 2.53 bits per heavy atom. The molecule has 1 atom stereocenters. The minimum absolute atomic E-state index is 0. The molecule has 0 bridgehead atoms. The first kappa shape index (κ1) is 28.4. The van der Waals surface area contributed by atoms with Crippen molar-refractivity contribution in [3.05, 3.63) is 34.9 Å². The van der Waals surface area contributed by atoms with E-state index in [4.69, 9.17) is 15.2 Å². The number of aromatic nitrogens is 2. The van der Waals surface area contributed by atoms with Gasteiger partial charge in [-0.2, -0.15) is 28.4 Å². The number of ketones is 1. The van der Waals surface area contributed by atoms with Crippen LogP contribution < -0.4 is 20.5 Å². The SMILES string of the molecule is C.COc1nc(N)nc(N[C@@H](C)C(=O)Cc2cc(OCCN(C)C)cc(C(F)(F)F)c2)c1C#N. The van der Waals surface area contributed by atoms with E-state index < -0.39 is 23.6 Å². The highest BCUT2D eigenvalue weighted by molar-refractivity contribution is 5.88. The molecule has 1 aromatic heterocycles. The van der Waals surface area contributed by atoms with Crippen LogP contribution in [0.4, 0.5) is 24.9 Å². The van der Waals surface area contributed by atoms with Gasteiger partial charge in [-0.1, -0.05) is 7.43 Å². The number of halogens is 3. The lowest BCUT2D eigenvalue weighted by molar-refractivity contribution is -0.137. The topological polar surface area (TPSA) is 126 Å². The first-order chi connectivity index (χ1) is 15.4. The van der Waals surface area contributed by atoms with Crippen LogP contribution >= 0.6 is 0 Å². The van der Waals surface area contributed by atoms with Gasteiger partial charge in [0.15, 0.2) is 17.2 Å². The molecule has 3 N–H and O–H groups in total. The minimum Gasteiger partial charge on any atom is -0.492 e. The van der Waals surface area contributed by atoms with E-state index in [0.29, 0.717) is 6.54 Å². The van der Waals surface area contributed by atoms with Crippen LogP contribution in [0.1, 0.15) is 31.0 Å². The second-order valence-corrected chi connectivity index (χ2v) is 7.45. The van der Waals surface area contributed by atoms with Crippen molar-refractivity contribution in [2.24, 2.45) is 0 Å². The van der Waals surface area contributed by atoms with E-state index in [1.54, 1.807) is 0 Å². The normalized spacial score (nSPS) is 11.9. The number of carbonyl (C=O) groups excluding carboxylic acids is 1. The van der Waals surface area contributed by atoms with Crippen LogP contribution in [0.2, 0.25) is 0 Å². The molecule has 1 heterocycles. The first-order valence-electron chi connectivity index (χ1n) is 9.84. The summed E-state index contributed by atoms with van der Waals surface area (Å²) in [5.41, 5.74) is 4.79. The number of alkyl halides is 3. The highest BCUT2D eigenvalue weighted by atomic mass is 19.4. The Bertz CT molecular complexity index is 1040. The van der Waals surface area contributed by atoms with Gasteiger partial charge in [-0.3, -0.25) is 4.79 Å². The average molecular weight is 483 g/mol. The zero-order chi connectivity index (χ0) is 24.8. The molecule has 2 aromatic rings. The van der Waals surface area contributed by atoms with E-state index >= 15 is 0 Å². The molecule has 0 saturated heterocycles. The predicted molar refractivity (Wildman–Crippen MR) is 122 cm³/mol. The fourth-order valence-corrected chi connectivity index (χ4v) is 2.81. The molecule has 0 aliphatic rings. The molecule has 0 amide bonds. The van der Waals surface area contributed by atoms with Crippen LogP contribution in [0.3, 0.4) is 0 Å². The van der Waals surface area contributed by atoms with Gasteiger partial charge < -0.3 is 25.4 Å². The van der Waals surface area contributed by atoms with Gasteiger partial charge in [0.2, 0.25) is 11.8 Å². The van der Waals surface area contributed by atoms with Crippen molar-refractivity contribution in [2.75, 3.05) is 45.4 Å². The summed E-state index contributed by atoms with van der Waals surface area (Å²) in [7, 11) is 4.92. The number of nitrogens with two attached hydrogens (primary N) is 1. The van der Waals surface area contributed by atoms with Crippen LogP contribution in [0.5, 0.6) is 11.6 Å². The molecule has 0 fully saturated rings. The summed E-state index contributed by atoms with van der Waals surface area (Å²) in [6.07, 6.45) is -4.90. The number of nitrogen functional groups attached to an aromatic ring is 1. The van der Waals surface area contributed by atoms with Crippen LogP contribution in [0, 0.1) is 11.3 Å². The summed E-state index contributed by atoms with van der Waals surface area (Å²) in [6, 6.07) is 4.19. The zero-order valence-electron chi connectivity index (χ0n) is 18.7. The lowest BCUT2D eigenvalue weighted by Gasteiger charge is -2.17. The van der Waals surface area contributed by atoms with E-state index in [2.05, 4.69) is 15.3 Å². The Balaban J connectivity index is 0.00000578. The molecule has 0 unspecified atom stereocenters. The highest BCUT2D eigenvalue weighted by Crippen LogP contribution is 2.33. The molecule has 34 heavy (non-hydrogen) atoms. The number of hydrogen-bond acceptors (Lipinski definition) is 9. The molecule has 9 nitrogen and oxygen atoms in total. The van der Waals surface area contributed by atoms with Crippen molar-refractivity contribution in [2.45, 2.75) is 33.0 Å². The summed E-state index contributed by atoms with van der Waals surface area (Å²) in [5.74, 6) is -0.668. The molecule has 0 aliphatic carbocycles. The van der Waals surface area contributed by atoms with Crippen molar-refractivity contribution < 1.29 is 27.4 Å². The van der Waals surface area contributed by atoms with Gasteiger partial charge in [0.05, 0.1) is 18.7 Å². The number of hydrogen-bond donors (Lipinski definition) is 2. The predicted octanol–water partition coefficient (Wildman–Crippen LogP) is 3.15. The Kier molecular flexibility index (Phi) is 10.1. The molecule has 12 heteroatoms. The molecule has 2 rings (SSSR count). The van der Waals surface area contributed by atoms with Crippen LogP contribution in [-0.2, 0) is 17.4 Å². The van der Waals surface area contributed by atoms with E-state index in [9.17, 15) is 23.2 Å². The number of nitrogens with zero attached hydrogens (tertiary/aromatic N) is 4. The largest absolute Gasteiger partial charge is 0.492 e. The van der Waals surface area contributed by atoms with Crippen LogP contribution in [-0.4, -0.2) is 61.0 Å². The summed E-state index contributed by atoms with van der Waals surface area (Å²) in [4.78, 5) is 22.3. The number of likely N-dealkylation sites (N-methyl/N-ethyl adjacent to an activating group) is 1. The fourth-order valence-electron chi connectivity index (χ4n) is 2.81. The Morgan fingerprint density at radius 1 is 1.29 bits per heavy atom. The third-order valence-corrected chi connectivity index (χ3v) is 4.51. The van der Waals surface area contributed by atoms with E-state index in [0.717, 1.165) is 12.1 Å². The van der Waals surface area contributed by atoms with E-state index in [1.807, 2.05) is 25.1 Å². The number of nitrogens with one attached hydrogen (secondary N) is 1. The van der Waals surface area contributed by atoms with Crippen molar-refractivity contribution in [1.29, 1.82) is 5.26 Å². The molecule has 0 saturated carbocycles. The number of carbonyl (C=O) groups is 1. The Morgan fingerprint density at radius 2 is 1.97 bits per heavy atom. The molecule has 0 spiro atoms. The Labute approximate surface area is 196 Å². The fraction of sp³-hybridized carbons (Fsp3) is 0.455. The number of nitriles is 1. The molecule has 0 radical (unpaired) electrons. The molecular formula is C22H29F3N6O3. The smallest absolute Gasteiger partial charge is 0.416 e. The van der Waals surface area contributed by atoms with Crippen molar-refractivity contribution >= 4 is 17.5 Å². The highest BCUT2D eigenvalue weighted by Gasteiger charge is 2.32. The summed E-state index contributed by atoms with van der Waals surface area (Å²) >= 11 is 0. The maximum atomic E-state index is 13.3. The second kappa shape index (κ2) is 12.0. The summed E-state index contributed by atoms with van der Waals surface area (Å²) in [5, 5.41) is 12.1. The average Bonchev–Trinajstić information content (AvgIpc) is 2.72. The maximum absolute atomic E-state index is 13.3. The van der Waals surface area contributed by atoms with Gasteiger partial charge in [-0.05, 0) is 44.8 Å². The standard InChI is InChI=1S/C21H25F3N6O3.CH4/c1-12(27-18-16(11-25)19(32-4)29-20(26)28-18)17(31)9-13-7-14(21(22,23)24)10-15(8-13)33-6-5-30(2)3;/h7-8,10,12H,5-6,9H2,1-4H3,(H3,26,27,28,29);1H4/t12-;/m0./s1. The zero-order valence-corrected chi connectivity index (χ0v) is 18.7. The quantitative estimate of drug-likeness (QED) is 0.525. The number of benzene rings is 1. The van der Waals surface area contributed by atoms with Crippen molar-refractivity contribution in [3.63, 3.8) is 0 Å². The van der Waals surface area contributed by atoms with Gasteiger partial charge in [0.25, 0.3) is 0 Å². The third-order valence-electron chi connectivity index (χ3n) is 4.51. The summed E-state index contributed by atoms with van der Waals surface area (Å²) < 4.78 is 50.5. The lowest BCUT2D eigenvalue weighted by Crippen LogP contribution is -2.29. The van der Waals surface area contributed by atoms with Gasteiger partial charge in [0.1, 0.15) is 18.4 Å². The third kappa shape index (κ3) is 7.77. The van der Waals surface area contributed by atoms with Crippen LogP contribution in [0.25, 0.3) is 0 Å². The minimum atomic E-state index is -4.60. The molecule has 0 aliphatic heterocycles. The number of rotatable bonds is 10. The first-order valence-corrected chi connectivity index (χ1v) is 9.84. The number of anilines is 2. The van der Waals surface area contributed by atoms with Gasteiger partial charge in [-0.25, -0.2) is 0 Å². The monoisotopic (exact) mass is 482 g/mol. The Hall–Kier alpha value is -3.59. The molecule has 1 aromatic carbocycles. The maximum Gasteiger partial charge on any atom is 0.416 e. The van der Waals surface area contributed by atoms with Crippen molar-refractivity contribution in [3.8, 4) is 17.7 Å². The van der Waals surface area contributed by atoms with E-state index in [-0.39, 0.29) is 55.0 Å². The second-order valence-electron chi connectivity index (χ2n) is 7.45. The lowest BCUT2D eigenvalue weighted by atomic mass is 10.0.